The van der Waals surface area contributed by atoms with E-state index in [1.54, 1.807) is 6.92 Å². The Labute approximate surface area is 79.0 Å². The van der Waals surface area contributed by atoms with Crippen molar-refractivity contribution in [2.45, 2.75) is 39.3 Å². The quantitative estimate of drug-likeness (QED) is 0.567. The van der Waals surface area contributed by atoms with E-state index in [-0.39, 0.29) is 12.0 Å². The Bertz CT molecular complexity index is 157. The average Bonchev–Trinajstić information content (AvgIpc) is 1.95. The van der Waals surface area contributed by atoms with Crippen LogP contribution < -0.4 is 5.32 Å². The van der Waals surface area contributed by atoms with E-state index in [9.17, 15) is 4.79 Å². The van der Waals surface area contributed by atoms with E-state index in [2.05, 4.69) is 5.32 Å². The Balaban J connectivity index is 3.77. The fourth-order valence-electron chi connectivity index (χ4n) is 1.06. The molecule has 13 heavy (non-hydrogen) atoms. The highest BCUT2D eigenvalue weighted by molar-refractivity contribution is 5.73. The SMILES string of the molecule is CC(O)CCNC(C(=O)O)C(C)C. The number of carboxylic acids is 1. The molecule has 4 heteroatoms. The zero-order valence-corrected chi connectivity index (χ0v) is 8.45. The van der Waals surface area contributed by atoms with E-state index in [0.717, 1.165) is 0 Å². The van der Waals surface area contributed by atoms with Crippen LogP contribution in [-0.2, 0) is 4.79 Å². The lowest BCUT2D eigenvalue weighted by Gasteiger charge is -2.18. The molecule has 0 aliphatic carbocycles. The Kier molecular flexibility index (Phi) is 5.66. The topological polar surface area (TPSA) is 69.6 Å². The molecule has 0 aromatic heterocycles. The fourth-order valence-corrected chi connectivity index (χ4v) is 1.06. The second-order valence-electron chi connectivity index (χ2n) is 3.65. The number of rotatable bonds is 6. The molecule has 0 bridgehead atoms. The maximum Gasteiger partial charge on any atom is 0.320 e. The lowest BCUT2D eigenvalue weighted by Crippen LogP contribution is -2.41. The molecule has 0 aromatic carbocycles. The van der Waals surface area contributed by atoms with E-state index in [4.69, 9.17) is 10.2 Å². The van der Waals surface area contributed by atoms with Gasteiger partial charge in [-0.15, -0.1) is 0 Å². The number of aliphatic hydroxyl groups is 1. The molecule has 0 spiro atoms. The molecule has 0 saturated heterocycles. The molecule has 0 aliphatic heterocycles. The fraction of sp³-hybridized carbons (Fsp3) is 0.889. The second kappa shape index (κ2) is 5.94. The first-order valence-electron chi connectivity index (χ1n) is 4.59. The van der Waals surface area contributed by atoms with Crippen molar-refractivity contribution in [1.29, 1.82) is 0 Å². The van der Waals surface area contributed by atoms with Crippen molar-refractivity contribution in [3.8, 4) is 0 Å². The van der Waals surface area contributed by atoms with Gasteiger partial charge in [-0.2, -0.15) is 0 Å². The normalized spacial score (nSPS) is 15.8. The zero-order valence-electron chi connectivity index (χ0n) is 8.45. The van der Waals surface area contributed by atoms with Gasteiger partial charge in [-0.1, -0.05) is 13.8 Å². The van der Waals surface area contributed by atoms with Crippen LogP contribution in [0.4, 0.5) is 0 Å². The molecule has 0 rings (SSSR count). The lowest BCUT2D eigenvalue weighted by atomic mass is 10.0. The highest BCUT2D eigenvalue weighted by Gasteiger charge is 2.19. The van der Waals surface area contributed by atoms with Gasteiger partial charge in [-0.05, 0) is 25.8 Å². The van der Waals surface area contributed by atoms with Crippen molar-refractivity contribution in [1.82, 2.24) is 5.32 Å². The number of nitrogens with one attached hydrogen (secondary N) is 1. The number of hydrogen-bond acceptors (Lipinski definition) is 3. The van der Waals surface area contributed by atoms with E-state index in [1.165, 1.54) is 0 Å². The Morgan fingerprint density at radius 3 is 2.23 bits per heavy atom. The van der Waals surface area contributed by atoms with E-state index in [1.807, 2.05) is 13.8 Å². The van der Waals surface area contributed by atoms with E-state index < -0.39 is 12.0 Å². The first kappa shape index (κ1) is 12.4. The van der Waals surface area contributed by atoms with Crippen molar-refractivity contribution in [2.75, 3.05) is 6.54 Å². The maximum atomic E-state index is 10.7. The summed E-state index contributed by atoms with van der Waals surface area (Å²) >= 11 is 0. The van der Waals surface area contributed by atoms with Gasteiger partial charge in [-0.3, -0.25) is 4.79 Å². The van der Waals surface area contributed by atoms with E-state index >= 15 is 0 Å². The summed E-state index contributed by atoms with van der Waals surface area (Å²) in [6, 6.07) is -0.515. The number of carboxylic acid groups (broad SMARTS) is 1. The summed E-state index contributed by atoms with van der Waals surface area (Å²) in [4.78, 5) is 10.7. The predicted octanol–water partition coefficient (Wildman–Crippen LogP) is 0.456. The highest BCUT2D eigenvalue weighted by atomic mass is 16.4. The summed E-state index contributed by atoms with van der Waals surface area (Å²) in [6.45, 7) is 5.93. The molecule has 0 fully saturated rings. The third-order valence-electron chi connectivity index (χ3n) is 1.86. The van der Waals surface area contributed by atoms with Gasteiger partial charge in [0.2, 0.25) is 0 Å². The van der Waals surface area contributed by atoms with Crippen molar-refractivity contribution < 1.29 is 15.0 Å². The van der Waals surface area contributed by atoms with Gasteiger partial charge in [-0.25, -0.2) is 0 Å². The van der Waals surface area contributed by atoms with Crippen LogP contribution in [0.5, 0.6) is 0 Å². The van der Waals surface area contributed by atoms with Crippen LogP contribution in [0.3, 0.4) is 0 Å². The smallest absolute Gasteiger partial charge is 0.320 e. The molecular formula is C9H19NO3. The van der Waals surface area contributed by atoms with Gasteiger partial charge in [0.05, 0.1) is 6.10 Å². The Morgan fingerprint density at radius 2 is 1.92 bits per heavy atom. The molecule has 0 radical (unpaired) electrons. The third kappa shape index (κ3) is 5.60. The van der Waals surface area contributed by atoms with Crippen LogP contribution in [0.2, 0.25) is 0 Å². The summed E-state index contributed by atoms with van der Waals surface area (Å²) in [7, 11) is 0. The predicted molar refractivity (Wildman–Crippen MR) is 50.6 cm³/mol. The van der Waals surface area contributed by atoms with Crippen LogP contribution in [0.15, 0.2) is 0 Å². The number of aliphatic carboxylic acids is 1. The summed E-state index contributed by atoms with van der Waals surface area (Å²) in [5.74, 6) is -0.771. The van der Waals surface area contributed by atoms with Crippen molar-refractivity contribution >= 4 is 5.97 Å². The summed E-state index contributed by atoms with van der Waals surface area (Å²) in [5, 5.41) is 20.6. The molecule has 4 nitrogen and oxygen atoms in total. The number of carbonyl (C=O) groups is 1. The summed E-state index contributed by atoms with van der Waals surface area (Å²) in [6.07, 6.45) is 0.199. The summed E-state index contributed by atoms with van der Waals surface area (Å²) < 4.78 is 0. The molecule has 2 unspecified atom stereocenters. The van der Waals surface area contributed by atoms with Crippen molar-refractivity contribution in [2.24, 2.45) is 5.92 Å². The van der Waals surface area contributed by atoms with Crippen LogP contribution in [0.1, 0.15) is 27.2 Å². The minimum atomic E-state index is -0.833. The van der Waals surface area contributed by atoms with Crippen LogP contribution in [0, 0.1) is 5.92 Å². The van der Waals surface area contributed by atoms with Crippen molar-refractivity contribution in [3.05, 3.63) is 0 Å². The average molecular weight is 189 g/mol. The molecule has 0 aromatic rings. The lowest BCUT2D eigenvalue weighted by molar-refractivity contribution is -0.140. The second-order valence-corrected chi connectivity index (χ2v) is 3.65. The standard InChI is InChI=1S/C9H19NO3/c1-6(2)8(9(12)13)10-5-4-7(3)11/h6-8,10-11H,4-5H2,1-3H3,(H,12,13). The first-order valence-corrected chi connectivity index (χ1v) is 4.59. The van der Waals surface area contributed by atoms with Gasteiger partial charge in [0.25, 0.3) is 0 Å². The van der Waals surface area contributed by atoms with Crippen LogP contribution in [0.25, 0.3) is 0 Å². The largest absolute Gasteiger partial charge is 0.480 e. The van der Waals surface area contributed by atoms with Crippen LogP contribution in [-0.4, -0.2) is 34.9 Å². The van der Waals surface area contributed by atoms with Gasteiger partial charge >= 0.3 is 5.97 Å². The monoisotopic (exact) mass is 189 g/mol. The molecular weight excluding hydrogens is 170 g/mol. The number of aliphatic hydroxyl groups excluding tert-OH is 1. The van der Waals surface area contributed by atoms with Gasteiger partial charge in [0.1, 0.15) is 6.04 Å². The minimum Gasteiger partial charge on any atom is -0.480 e. The first-order chi connectivity index (χ1) is 5.95. The summed E-state index contributed by atoms with van der Waals surface area (Å²) in [5.41, 5.74) is 0. The molecule has 0 amide bonds. The Hall–Kier alpha value is -0.610. The van der Waals surface area contributed by atoms with Gasteiger partial charge in [0.15, 0.2) is 0 Å². The van der Waals surface area contributed by atoms with Crippen LogP contribution >= 0.6 is 0 Å². The minimum absolute atomic E-state index is 0.0616. The van der Waals surface area contributed by atoms with Crippen molar-refractivity contribution in [3.63, 3.8) is 0 Å². The molecule has 3 N–H and O–H groups in total. The van der Waals surface area contributed by atoms with E-state index in [0.29, 0.717) is 13.0 Å². The highest BCUT2D eigenvalue weighted by Crippen LogP contribution is 2.01. The molecule has 2 atom stereocenters. The molecule has 78 valence electrons. The number of hydrogen-bond donors (Lipinski definition) is 3. The molecule has 0 heterocycles. The maximum absolute atomic E-state index is 10.7. The molecule has 0 aliphatic rings. The Morgan fingerprint density at radius 1 is 1.38 bits per heavy atom. The van der Waals surface area contributed by atoms with Gasteiger partial charge < -0.3 is 15.5 Å². The zero-order chi connectivity index (χ0) is 10.4. The van der Waals surface area contributed by atoms with Gasteiger partial charge in [0, 0.05) is 0 Å². The molecule has 0 saturated carbocycles. The third-order valence-corrected chi connectivity index (χ3v) is 1.86.